The number of hydrogen-bond acceptors (Lipinski definition) is 16. The summed E-state index contributed by atoms with van der Waals surface area (Å²) in [7, 11) is -8.22. The summed E-state index contributed by atoms with van der Waals surface area (Å²) in [4.78, 5) is 54.7. The van der Waals surface area contributed by atoms with Gasteiger partial charge in [-0.05, 0) is 95.7 Å². The SMILES string of the molecule is CC(CCC[Si]12OC(C)C(O1)C(C1O[Si]3(CCCN)OC(C4O[Si](CCCN)OCC4O)=C1O3)O2)C1CC(=O)c2ccc3c4ccc5c6c(ccc(c7ccc(c2c37)C1=O)c64)C(=O)OC5=O. The number of cyclic esters (lactones) is 2. The van der Waals surface area contributed by atoms with Crippen LogP contribution >= 0.6 is 0 Å². The van der Waals surface area contributed by atoms with E-state index in [1.54, 1.807) is 12.1 Å². The molecule has 6 heterocycles. The molecule has 6 aliphatic heterocycles. The number of carbonyl (C=O) groups excluding carboxylic acids is 4. The largest absolute Gasteiger partial charge is 0.632 e. The van der Waals surface area contributed by atoms with Crippen LogP contribution in [-0.4, -0.2) is 112 Å². The fraction of sp³-hybridized carbons (Fsp3) is 0.447. The third kappa shape index (κ3) is 6.39. The average molecular weight is 950 g/mol. The lowest BCUT2D eigenvalue weighted by molar-refractivity contribution is -0.0600. The van der Waals surface area contributed by atoms with Gasteiger partial charge in [0.25, 0.3) is 0 Å². The molecule has 4 bridgehead atoms. The number of aliphatic hydroxyl groups excluding tert-OH is 1. The first-order valence-electron chi connectivity index (χ1n) is 23.0. The summed E-state index contributed by atoms with van der Waals surface area (Å²) < 4.78 is 57.0. The van der Waals surface area contributed by atoms with Crippen molar-refractivity contribution in [1.82, 2.24) is 0 Å². The molecule has 10 atom stereocenters. The highest BCUT2D eigenvalue weighted by atomic mass is 28.4. The molecule has 16 nitrogen and oxygen atoms in total. The number of esters is 2. The van der Waals surface area contributed by atoms with Gasteiger partial charge in [-0.1, -0.05) is 49.7 Å². The number of Topliss-reactive ketones (excluding diaryl/α,β-unsaturated/α-hetero) is 2. The molecule has 66 heavy (non-hydrogen) atoms. The predicted molar refractivity (Wildman–Crippen MR) is 243 cm³/mol. The zero-order valence-electron chi connectivity index (χ0n) is 36.4. The van der Waals surface area contributed by atoms with Crippen molar-refractivity contribution in [3.8, 4) is 0 Å². The molecule has 4 fully saturated rings. The summed E-state index contributed by atoms with van der Waals surface area (Å²) in [5.74, 6) is -1.34. The molecule has 0 spiro atoms. The fourth-order valence-corrected chi connectivity index (χ4v) is 19.3. The second-order valence-electron chi connectivity index (χ2n) is 18.7. The van der Waals surface area contributed by atoms with Gasteiger partial charge in [-0.2, -0.15) is 0 Å². The molecule has 10 unspecified atom stereocenters. The summed E-state index contributed by atoms with van der Waals surface area (Å²) in [6, 6.07) is 16.2. The molecule has 5 aromatic carbocycles. The molecule has 12 rings (SSSR count). The molecular weight excluding hydrogens is 901 g/mol. The van der Waals surface area contributed by atoms with Gasteiger partial charge in [-0.25, -0.2) is 9.59 Å². The normalized spacial score (nSPS) is 32.0. The van der Waals surface area contributed by atoms with Crippen molar-refractivity contribution in [2.75, 3.05) is 19.7 Å². The molecule has 19 heteroatoms. The van der Waals surface area contributed by atoms with Crippen molar-refractivity contribution in [2.45, 2.75) is 101 Å². The Balaban J connectivity index is 0.791. The summed E-state index contributed by atoms with van der Waals surface area (Å²) in [5, 5.41) is 17.2. The number of aliphatic hydroxyl groups is 1. The van der Waals surface area contributed by atoms with Gasteiger partial charge in [0.1, 0.15) is 30.5 Å². The molecule has 7 aliphatic rings. The van der Waals surface area contributed by atoms with Gasteiger partial charge < -0.3 is 56.7 Å². The van der Waals surface area contributed by atoms with Gasteiger partial charge in [0.2, 0.25) is 0 Å². The van der Waals surface area contributed by atoms with Crippen LogP contribution in [0.15, 0.2) is 60.0 Å². The molecule has 5 aromatic rings. The minimum Gasteiger partial charge on any atom is -0.490 e. The van der Waals surface area contributed by atoms with Crippen LogP contribution in [0.2, 0.25) is 18.1 Å². The van der Waals surface area contributed by atoms with Crippen molar-refractivity contribution in [2.24, 2.45) is 23.3 Å². The van der Waals surface area contributed by atoms with Gasteiger partial charge >= 0.3 is 38.8 Å². The Labute approximate surface area is 382 Å². The summed E-state index contributed by atoms with van der Waals surface area (Å²) in [6.07, 6.45) is -0.940. The summed E-state index contributed by atoms with van der Waals surface area (Å²) >= 11 is 0. The van der Waals surface area contributed by atoms with E-state index in [1.807, 2.05) is 50.2 Å². The minimum atomic E-state index is -3.28. The number of carbonyl (C=O) groups is 4. The molecule has 343 valence electrons. The van der Waals surface area contributed by atoms with E-state index in [2.05, 4.69) is 0 Å². The van der Waals surface area contributed by atoms with Crippen LogP contribution in [0.1, 0.15) is 87.4 Å². The highest BCUT2D eigenvalue weighted by molar-refractivity contribution is 6.63. The number of ether oxygens (including phenoxy) is 1. The first kappa shape index (κ1) is 42.8. The van der Waals surface area contributed by atoms with Crippen LogP contribution in [-0.2, 0) is 40.1 Å². The van der Waals surface area contributed by atoms with Crippen LogP contribution in [0, 0.1) is 11.8 Å². The van der Waals surface area contributed by atoms with Gasteiger partial charge in [-0.15, -0.1) is 0 Å². The van der Waals surface area contributed by atoms with E-state index in [0.717, 1.165) is 38.7 Å². The lowest BCUT2D eigenvalue weighted by Gasteiger charge is -2.37. The first-order valence-corrected chi connectivity index (χ1v) is 28.4. The molecule has 1 aliphatic carbocycles. The zero-order valence-corrected chi connectivity index (χ0v) is 39.4. The Morgan fingerprint density at radius 3 is 1.95 bits per heavy atom. The fourth-order valence-electron chi connectivity index (χ4n) is 11.5. The van der Waals surface area contributed by atoms with Crippen LogP contribution in [0.4, 0.5) is 0 Å². The third-order valence-electron chi connectivity index (χ3n) is 14.6. The highest BCUT2D eigenvalue weighted by Gasteiger charge is 2.71. The average Bonchev–Trinajstić information content (AvgIpc) is 4.06. The Kier molecular flexibility index (Phi) is 10.2. The van der Waals surface area contributed by atoms with Crippen LogP contribution in [0.3, 0.4) is 0 Å². The van der Waals surface area contributed by atoms with Crippen LogP contribution in [0.5, 0.6) is 0 Å². The maximum Gasteiger partial charge on any atom is 0.632 e. The number of rotatable bonds is 13. The molecule has 4 saturated heterocycles. The smallest absolute Gasteiger partial charge is 0.490 e. The number of benzene rings is 5. The van der Waals surface area contributed by atoms with E-state index < -0.39 is 75.3 Å². The first-order chi connectivity index (χ1) is 31.9. The van der Waals surface area contributed by atoms with Gasteiger partial charge in [0, 0.05) is 46.3 Å². The van der Waals surface area contributed by atoms with E-state index in [0.29, 0.717) is 95.0 Å². The van der Waals surface area contributed by atoms with Crippen LogP contribution < -0.4 is 11.5 Å². The van der Waals surface area contributed by atoms with E-state index in [9.17, 15) is 24.3 Å². The van der Waals surface area contributed by atoms with Crippen molar-refractivity contribution in [1.29, 1.82) is 0 Å². The Morgan fingerprint density at radius 2 is 1.29 bits per heavy atom. The van der Waals surface area contributed by atoms with Gasteiger partial charge in [0.15, 0.2) is 23.1 Å². The Morgan fingerprint density at radius 1 is 0.697 bits per heavy atom. The standard InChI is InChI=1S/C47H49N2O14Si3/c1-22(6-3-18-65-58-23(2)40(59-65)42(60-65)44-45-43(61-66(62-44,63-45)19-5-16-49)41-34(51)21-55-64(57-41)17-4-15-48)32-20-33(50)28-11-7-24-26-9-13-30-38-31(47(54)56-46(30)53)14-10-27(36(26)38)25-8-12-29(39(32)52)37(28)35(24)25/h7-14,22-23,32,34,40-42,44,51H,3-6,15-21,48-49H2,1-2H3. The van der Waals surface area contributed by atoms with E-state index in [-0.39, 0.29) is 36.6 Å². The maximum atomic E-state index is 14.8. The number of fused-ring (bicyclic) bond motifs is 6. The van der Waals surface area contributed by atoms with E-state index in [4.69, 9.17) is 51.6 Å². The number of hydrogen-bond donors (Lipinski definition) is 3. The predicted octanol–water partition coefficient (Wildman–Crippen LogP) is 5.55. The molecule has 0 saturated carbocycles. The highest BCUT2D eigenvalue weighted by Crippen LogP contribution is 2.52. The number of nitrogens with two attached hydrogens (primary N) is 2. The topological polar surface area (TPSA) is 224 Å². The Bertz CT molecular complexity index is 2880. The van der Waals surface area contributed by atoms with E-state index in [1.165, 1.54) is 0 Å². The van der Waals surface area contributed by atoms with E-state index >= 15 is 0 Å². The lowest BCUT2D eigenvalue weighted by Crippen LogP contribution is -2.54. The van der Waals surface area contributed by atoms with Crippen molar-refractivity contribution < 1.29 is 64.4 Å². The quantitative estimate of drug-likeness (QED) is 0.0433. The van der Waals surface area contributed by atoms with Gasteiger partial charge in [-0.3, -0.25) is 9.59 Å². The van der Waals surface area contributed by atoms with Crippen molar-refractivity contribution in [3.63, 3.8) is 0 Å². The molecule has 0 amide bonds. The maximum absolute atomic E-state index is 14.8. The van der Waals surface area contributed by atoms with Gasteiger partial charge in [0.05, 0.1) is 23.8 Å². The lowest BCUT2D eigenvalue weighted by atomic mass is 9.81. The molecular formula is C47H49N2O14Si3. The number of ketones is 2. The molecule has 5 N–H and O–H groups in total. The van der Waals surface area contributed by atoms with Crippen LogP contribution in [0.25, 0.3) is 43.1 Å². The zero-order chi connectivity index (χ0) is 45.4. The summed E-state index contributed by atoms with van der Waals surface area (Å²) in [6.45, 7) is 5.06. The van der Waals surface area contributed by atoms with Crippen molar-refractivity contribution >= 4 is 93.5 Å². The minimum absolute atomic E-state index is 0.0731. The second kappa shape index (κ2) is 15.8. The van der Waals surface area contributed by atoms with Crippen molar-refractivity contribution in [3.05, 3.63) is 82.3 Å². The Hall–Kier alpha value is -4.49. The second-order valence-corrected chi connectivity index (χ2v) is 25.5. The molecule has 1 radical (unpaired) electrons. The molecule has 0 aromatic heterocycles. The monoisotopic (exact) mass is 949 g/mol. The third-order valence-corrected chi connectivity index (χ3v) is 22.0. The summed E-state index contributed by atoms with van der Waals surface area (Å²) in [5.41, 5.74) is 13.4.